The maximum Gasteiger partial charge on any atom is 0.236 e. The Balaban J connectivity index is 2.37. The van der Waals surface area contributed by atoms with Gasteiger partial charge in [-0.15, -0.1) is 11.6 Å². The molecule has 1 amide bonds. The average molecular weight is 163 g/mol. The highest BCUT2D eigenvalue weighted by atomic mass is 35.5. The van der Waals surface area contributed by atoms with Crippen LogP contribution in [-0.2, 0) is 4.79 Å². The number of hydrogen-bond donors (Lipinski definition) is 1. The first-order valence-electron chi connectivity index (χ1n) is 3.36. The first kappa shape index (κ1) is 7.82. The fourth-order valence-corrected chi connectivity index (χ4v) is 1.34. The van der Waals surface area contributed by atoms with Gasteiger partial charge >= 0.3 is 0 Å². The van der Waals surface area contributed by atoms with Crippen LogP contribution in [0.4, 0.5) is 0 Å². The molecule has 0 aliphatic carbocycles. The van der Waals surface area contributed by atoms with E-state index in [2.05, 4.69) is 0 Å². The van der Waals surface area contributed by atoms with Crippen LogP contribution in [0.1, 0.15) is 6.42 Å². The van der Waals surface area contributed by atoms with E-state index in [-0.39, 0.29) is 17.8 Å². The molecular weight excluding hydrogens is 152 g/mol. The van der Waals surface area contributed by atoms with E-state index in [1.54, 1.807) is 4.90 Å². The molecule has 1 rings (SSSR count). The summed E-state index contributed by atoms with van der Waals surface area (Å²) in [5.41, 5.74) is 5.16. The summed E-state index contributed by atoms with van der Waals surface area (Å²) in [6, 6.07) is 0. The molecule has 0 saturated carbocycles. The van der Waals surface area contributed by atoms with Crippen LogP contribution < -0.4 is 5.73 Å². The van der Waals surface area contributed by atoms with Gasteiger partial charge in [0.1, 0.15) is 0 Å². The second-order valence-electron chi connectivity index (χ2n) is 2.43. The van der Waals surface area contributed by atoms with Gasteiger partial charge in [0.05, 0.1) is 11.9 Å². The number of nitrogens with zero attached hydrogens (tertiary/aromatic N) is 1. The third-order valence-corrected chi connectivity index (χ3v) is 2.01. The van der Waals surface area contributed by atoms with E-state index in [1.807, 2.05) is 0 Å². The van der Waals surface area contributed by atoms with Gasteiger partial charge in [-0.3, -0.25) is 4.79 Å². The molecule has 0 spiro atoms. The van der Waals surface area contributed by atoms with E-state index in [0.29, 0.717) is 6.54 Å². The summed E-state index contributed by atoms with van der Waals surface area (Å²) < 4.78 is 0. The van der Waals surface area contributed by atoms with Crippen molar-refractivity contribution in [3.63, 3.8) is 0 Å². The number of likely N-dealkylation sites (tertiary alicyclic amines) is 1. The molecular formula is C6H11ClN2O. The van der Waals surface area contributed by atoms with Crippen molar-refractivity contribution in [2.24, 2.45) is 5.73 Å². The van der Waals surface area contributed by atoms with Crippen LogP contribution >= 0.6 is 11.6 Å². The standard InChI is InChI=1S/C6H11ClN2O/c7-5-1-2-9(4-5)6(10)3-8/h5H,1-4,8H2. The number of rotatable bonds is 1. The Labute approximate surface area is 65.1 Å². The van der Waals surface area contributed by atoms with Crippen molar-refractivity contribution in [2.45, 2.75) is 11.8 Å². The Kier molecular flexibility index (Phi) is 2.51. The monoisotopic (exact) mass is 162 g/mol. The van der Waals surface area contributed by atoms with Gasteiger partial charge < -0.3 is 10.6 Å². The SMILES string of the molecule is NCC(=O)N1CCC(Cl)C1. The molecule has 1 unspecified atom stereocenters. The predicted octanol–water partition coefficient (Wildman–Crippen LogP) is -0.215. The van der Waals surface area contributed by atoms with Gasteiger partial charge in [-0.05, 0) is 6.42 Å². The molecule has 3 nitrogen and oxygen atoms in total. The fraction of sp³-hybridized carbons (Fsp3) is 0.833. The molecule has 0 bridgehead atoms. The summed E-state index contributed by atoms with van der Waals surface area (Å²) in [7, 11) is 0. The first-order chi connectivity index (χ1) is 4.74. The van der Waals surface area contributed by atoms with E-state index in [9.17, 15) is 4.79 Å². The summed E-state index contributed by atoms with van der Waals surface area (Å²) in [6.07, 6.45) is 0.896. The van der Waals surface area contributed by atoms with Crippen molar-refractivity contribution in [1.29, 1.82) is 0 Å². The molecule has 1 atom stereocenters. The van der Waals surface area contributed by atoms with Gasteiger partial charge in [0, 0.05) is 13.1 Å². The molecule has 1 aliphatic rings. The summed E-state index contributed by atoms with van der Waals surface area (Å²) in [6.45, 7) is 1.53. The minimum Gasteiger partial charge on any atom is -0.340 e. The minimum atomic E-state index is 0.00292. The van der Waals surface area contributed by atoms with Crippen LogP contribution in [0.3, 0.4) is 0 Å². The van der Waals surface area contributed by atoms with Gasteiger partial charge in [-0.25, -0.2) is 0 Å². The van der Waals surface area contributed by atoms with Gasteiger partial charge in [-0.2, -0.15) is 0 Å². The number of hydrogen-bond acceptors (Lipinski definition) is 2. The molecule has 2 N–H and O–H groups in total. The fourth-order valence-electron chi connectivity index (χ4n) is 1.07. The highest BCUT2D eigenvalue weighted by Gasteiger charge is 2.22. The lowest BCUT2D eigenvalue weighted by Gasteiger charge is -2.13. The van der Waals surface area contributed by atoms with Crippen LogP contribution in [0, 0.1) is 0 Å². The highest BCUT2D eigenvalue weighted by molar-refractivity contribution is 6.21. The molecule has 10 heavy (non-hydrogen) atoms. The molecule has 4 heteroatoms. The molecule has 0 aromatic rings. The van der Waals surface area contributed by atoms with Gasteiger partial charge in [0.15, 0.2) is 0 Å². The number of carbonyl (C=O) groups is 1. The average Bonchev–Trinajstić information content (AvgIpc) is 2.34. The summed E-state index contributed by atoms with van der Waals surface area (Å²) >= 11 is 5.77. The van der Waals surface area contributed by atoms with Crippen molar-refractivity contribution in [2.75, 3.05) is 19.6 Å². The number of nitrogens with two attached hydrogens (primary N) is 1. The topological polar surface area (TPSA) is 46.3 Å². The summed E-state index contributed by atoms with van der Waals surface area (Å²) in [4.78, 5) is 12.6. The van der Waals surface area contributed by atoms with Crippen LogP contribution in [0.25, 0.3) is 0 Å². The second kappa shape index (κ2) is 3.21. The van der Waals surface area contributed by atoms with Crippen LogP contribution in [0.5, 0.6) is 0 Å². The molecule has 0 aromatic carbocycles. The quantitative estimate of drug-likeness (QED) is 0.543. The molecule has 1 saturated heterocycles. The largest absolute Gasteiger partial charge is 0.340 e. The first-order valence-corrected chi connectivity index (χ1v) is 3.79. The Morgan fingerprint density at radius 2 is 2.50 bits per heavy atom. The number of halogens is 1. The molecule has 1 aliphatic heterocycles. The lowest BCUT2D eigenvalue weighted by Crippen LogP contribution is -2.34. The summed E-state index contributed by atoms with van der Waals surface area (Å²) in [5.74, 6) is 0.00292. The van der Waals surface area contributed by atoms with Crippen molar-refractivity contribution >= 4 is 17.5 Å². The second-order valence-corrected chi connectivity index (χ2v) is 3.05. The molecule has 1 heterocycles. The summed E-state index contributed by atoms with van der Waals surface area (Å²) in [5, 5.41) is 0.135. The van der Waals surface area contributed by atoms with Gasteiger partial charge in [0.25, 0.3) is 0 Å². The Morgan fingerprint density at radius 1 is 1.80 bits per heavy atom. The van der Waals surface area contributed by atoms with Crippen molar-refractivity contribution in [1.82, 2.24) is 4.90 Å². The Hall–Kier alpha value is -0.280. The van der Waals surface area contributed by atoms with Gasteiger partial charge in [-0.1, -0.05) is 0 Å². The van der Waals surface area contributed by atoms with E-state index < -0.39 is 0 Å². The lowest BCUT2D eigenvalue weighted by molar-refractivity contribution is -0.128. The zero-order valence-corrected chi connectivity index (χ0v) is 6.47. The lowest BCUT2D eigenvalue weighted by atomic mass is 10.4. The van der Waals surface area contributed by atoms with Crippen molar-refractivity contribution in [3.05, 3.63) is 0 Å². The number of alkyl halides is 1. The van der Waals surface area contributed by atoms with E-state index in [0.717, 1.165) is 13.0 Å². The van der Waals surface area contributed by atoms with Crippen LogP contribution in [0.2, 0.25) is 0 Å². The van der Waals surface area contributed by atoms with E-state index in [1.165, 1.54) is 0 Å². The third-order valence-electron chi connectivity index (χ3n) is 1.66. The smallest absolute Gasteiger partial charge is 0.236 e. The van der Waals surface area contributed by atoms with Crippen molar-refractivity contribution in [3.8, 4) is 0 Å². The van der Waals surface area contributed by atoms with E-state index >= 15 is 0 Å². The Bertz CT molecular complexity index is 140. The molecule has 0 aromatic heterocycles. The highest BCUT2D eigenvalue weighted by Crippen LogP contribution is 2.13. The zero-order valence-electron chi connectivity index (χ0n) is 5.72. The predicted molar refractivity (Wildman–Crippen MR) is 39.9 cm³/mol. The minimum absolute atomic E-state index is 0.00292. The van der Waals surface area contributed by atoms with Crippen LogP contribution in [-0.4, -0.2) is 35.8 Å². The maximum atomic E-state index is 10.9. The molecule has 58 valence electrons. The maximum absolute atomic E-state index is 10.9. The van der Waals surface area contributed by atoms with Crippen molar-refractivity contribution < 1.29 is 4.79 Å². The molecule has 1 fully saturated rings. The zero-order chi connectivity index (χ0) is 7.56. The van der Waals surface area contributed by atoms with Crippen LogP contribution in [0.15, 0.2) is 0 Å². The molecule has 0 radical (unpaired) electrons. The van der Waals surface area contributed by atoms with Gasteiger partial charge in [0.2, 0.25) is 5.91 Å². The van der Waals surface area contributed by atoms with E-state index in [4.69, 9.17) is 17.3 Å². The number of carbonyl (C=O) groups excluding carboxylic acids is 1. The number of amides is 1. The normalized spacial score (nSPS) is 25.4. The Morgan fingerprint density at radius 3 is 2.90 bits per heavy atom. The third kappa shape index (κ3) is 1.61.